The predicted molar refractivity (Wildman–Crippen MR) is 79.0 cm³/mol. The Morgan fingerprint density at radius 1 is 1.19 bits per heavy atom. The van der Waals surface area contributed by atoms with Crippen molar-refractivity contribution in [2.24, 2.45) is 0 Å². The zero-order valence-electron chi connectivity index (χ0n) is 12.7. The fraction of sp³-hybridized carbons (Fsp3) is 0.400. The van der Waals surface area contributed by atoms with Crippen LogP contribution in [-0.2, 0) is 9.59 Å². The molecule has 6 heteroatoms. The monoisotopic (exact) mass is 289 g/mol. The molecular weight excluding hydrogens is 270 g/mol. The SMILES string of the molecule is Cc1cc(C)c(NC(=O)CN2C(=O)CN(C)C2=O)c(C)c1. The van der Waals surface area contributed by atoms with Crippen LogP contribution in [0.1, 0.15) is 16.7 Å². The third-order valence-corrected chi connectivity index (χ3v) is 3.47. The third-order valence-electron chi connectivity index (χ3n) is 3.47. The number of benzene rings is 1. The standard InChI is InChI=1S/C15H19N3O3/c1-9-5-10(2)14(11(3)6-9)16-12(19)7-18-13(20)8-17(4)15(18)21/h5-6H,7-8H2,1-4H3,(H,16,19). The average molecular weight is 289 g/mol. The fourth-order valence-electron chi connectivity index (χ4n) is 2.52. The van der Waals surface area contributed by atoms with Crippen molar-refractivity contribution in [2.45, 2.75) is 20.8 Å². The summed E-state index contributed by atoms with van der Waals surface area (Å²) in [6.07, 6.45) is 0. The Kier molecular flexibility index (Phi) is 3.97. The van der Waals surface area contributed by atoms with Gasteiger partial charge in [0.25, 0.3) is 5.91 Å². The van der Waals surface area contributed by atoms with Crippen LogP contribution in [0, 0.1) is 20.8 Å². The van der Waals surface area contributed by atoms with E-state index in [4.69, 9.17) is 0 Å². The topological polar surface area (TPSA) is 69.7 Å². The van der Waals surface area contributed by atoms with Crippen molar-refractivity contribution < 1.29 is 14.4 Å². The molecular formula is C15H19N3O3. The summed E-state index contributed by atoms with van der Waals surface area (Å²) in [5.74, 6) is -0.725. The maximum Gasteiger partial charge on any atom is 0.327 e. The van der Waals surface area contributed by atoms with Crippen LogP contribution in [0.25, 0.3) is 0 Å². The van der Waals surface area contributed by atoms with Gasteiger partial charge >= 0.3 is 6.03 Å². The van der Waals surface area contributed by atoms with Crippen molar-refractivity contribution in [3.05, 3.63) is 28.8 Å². The quantitative estimate of drug-likeness (QED) is 0.856. The summed E-state index contributed by atoms with van der Waals surface area (Å²) in [6, 6.07) is 3.51. The van der Waals surface area contributed by atoms with Gasteiger partial charge in [0.1, 0.15) is 13.1 Å². The Hall–Kier alpha value is -2.37. The van der Waals surface area contributed by atoms with Crippen molar-refractivity contribution in [3.8, 4) is 0 Å². The molecule has 0 bridgehead atoms. The summed E-state index contributed by atoms with van der Waals surface area (Å²) in [4.78, 5) is 37.7. The molecule has 112 valence electrons. The second-order valence-corrected chi connectivity index (χ2v) is 5.44. The highest BCUT2D eigenvalue weighted by Gasteiger charge is 2.34. The van der Waals surface area contributed by atoms with Gasteiger partial charge in [-0.3, -0.25) is 14.5 Å². The second-order valence-electron chi connectivity index (χ2n) is 5.44. The van der Waals surface area contributed by atoms with Crippen molar-refractivity contribution >= 4 is 23.5 Å². The zero-order chi connectivity index (χ0) is 15.7. The molecule has 1 fully saturated rings. The first-order valence-electron chi connectivity index (χ1n) is 6.72. The number of rotatable bonds is 3. The van der Waals surface area contributed by atoms with Crippen molar-refractivity contribution in [2.75, 3.05) is 25.5 Å². The van der Waals surface area contributed by atoms with E-state index < -0.39 is 6.03 Å². The van der Waals surface area contributed by atoms with Gasteiger partial charge in [-0.15, -0.1) is 0 Å². The molecule has 6 nitrogen and oxygen atoms in total. The number of nitrogens with zero attached hydrogens (tertiary/aromatic N) is 2. The number of likely N-dealkylation sites (N-methyl/N-ethyl adjacent to an activating group) is 1. The van der Waals surface area contributed by atoms with E-state index in [2.05, 4.69) is 5.32 Å². The van der Waals surface area contributed by atoms with Crippen LogP contribution < -0.4 is 5.32 Å². The lowest BCUT2D eigenvalue weighted by molar-refractivity contribution is -0.129. The molecule has 1 aliphatic rings. The van der Waals surface area contributed by atoms with Gasteiger partial charge in [0.05, 0.1) is 0 Å². The number of amides is 4. The van der Waals surface area contributed by atoms with E-state index in [0.29, 0.717) is 0 Å². The number of carbonyl (C=O) groups is 3. The van der Waals surface area contributed by atoms with Gasteiger partial charge in [0.2, 0.25) is 5.91 Å². The summed E-state index contributed by atoms with van der Waals surface area (Å²) < 4.78 is 0. The molecule has 1 aromatic rings. The molecule has 0 atom stereocenters. The molecule has 1 heterocycles. The van der Waals surface area contributed by atoms with Gasteiger partial charge in [-0.1, -0.05) is 17.7 Å². The van der Waals surface area contributed by atoms with Crippen LogP contribution >= 0.6 is 0 Å². The minimum Gasteiger partial charge on any atom is -0.324 e. The van der Waals surface area contributed by atoms with Crippen LogP contribution in [0.4, 0.5) is 10.5 Å². The second kappa shape index (κ2) is 5.55. The largest absolute Gasteiger partial charge is 0.327 e. The molecule has 1 aliphatic heterocycles. The molecule has 1 saturated heterocycles. The van der Waals surface area contributed by atoms with E-state index in [9.17, 15) is 14.4 Å². The lowest BCUT2D eigenvalue weighted by Gasteiger charge is -2.16. The first kappa shape index (κ1) is 15.0. The highest BCUT2D eigenvalue weighted by molar-refractivity contribution is 6.06. The Bertz CT molecular complexity index is 602. The van der Waals surface area contributed by atoms with Crippen LogP contribution in [0.2, 0.25) is 0 Å². The summed E-state index contributed by atoms with van der Waals surface area (Å²) in [7, 11) is 1.53. The summed E-state index contributed by atoms with van der Waals surface area (Å²) in [6.45, 7) is 5.58. The normalized spacial score (nSPS) is 14.9. The summed E-state index contributed by atoms with van der Waals surface area (Å²) in [5.41, 5.74) is 3.77. The molecule has 0 unspecified atom stereocenters. The molecule has 1 N–H and O–H groups in total. The van der Waals surface area contributed by atoms with Crippen LogP contribution in [-0.4, -0.2) is 47.8 Å². The van der Waals surface area contributed by atoms with E-state index in [1.54, 1.807) is 0 Å². The molecule has 2 rings (SSSR count). The molecule has 0 spiro atoms. The average Bonchev–Trinajstić information content (AvgIpc) is 2.60. The van der Waals surface area contributed by atoms with Crippen molar-refractivity contribution in [1.29, 1.82) is 0 Å². The minimum atomic E-state index is -0.438. The first-order chi connectivity index (χ1) is 9.79. The predicted octanol–water partition coefficient (Wildman–Crippen LogP) is 1.44. The van der Waals surface area contributed by atoms with Gasteiger partial charge < -0.3 is 10.2 Å². The van der Waals surface area contributed by atoms with E-state index in [1.165, 1.54) is 11.9 Å². The Balaban J connectivity index is 2.10. The van der Waals surface area contributed by atoms with E-state index in [0.717, 1.165) is 27.3 Å². The highest BCUT2D eigenvalue weighted by Crippen LogP contribution is 2.22. The lowest BCUT2D eigenvalue weighted by Crippen LogP contribution is -2.38. The van der Waals surface area contributed by atoms with Gasteiger partial charge in [0.15, 0.2) is 0 Å². The Labute approximate surface area is 123 Å². The van der Waals surface area contributed by atoms with Gasteiger partial charge in [0, 0.05) is 12.7 Å². The Morgan fingerprint density at radius 2 is 1.76 bits per heavy atom. The highest BCUT2D eigenvalue weighted by atomic mass is 16.2. The van der Waals surface area contributed by atoms with E-state index in [-0.39, 0.29) is 24.9 Å². The van der Waals surface area contributed by atoms with Gasteiger partial charge in [-0.25, -0.2) is 4.79 Å². The van der Waals surface area contributed by atoms with E-state index in [1.807, 2.05) is 32.9 Å². The smallest absolute Gasteiger partial charge is 0.324 e. The molecule has 21 heavy (non-hydrogen) atoms. The molecule has 0 aliphatic carbocycles. The number of hydrogen-bond donors (Lipinski definition) is 1. The maximum absolute atomic E-state index is 12.1. The van der Waals surface area contributed by atoms with Gasteiger partial charge in [-0.05, 0) is 31.9 Å². The number of urea groups is 1. The number of carbonyl (C=O) groups excluding carboxylic acids is 3. The fourth-order valence-corrected chi connectivity index (χ4v) is 2.52. The third kappa shape index (κ3) is 3.04. The zero-order valence-corrected chi connectivity index (χ0v) is 12.7. The molecule has 4 amide bonds. The molecule has 0 aromatic heterocycles. The first-order valence-corrected chi connectivity index (χ1v) is 6.72. The molecule has 0 radical (unpaired) electrons. The van der Waals surface area contributed by atoms with E-state index >= 15 is 0 Å². The number of nitrogens with one attached hydrogen (secondary N) is 1. The van der Waals surface area contributed by atoms with Crippen molar-refractivity contribution in [1.82, 2.24) is 9.80 Å². The molecule has 0 saturated carbocycles. The summed E-state index contributed by atoms with van der Waals surface area (Å²) >= 11 is 0. The van der Waals surface area contributed by atoms with Gasteiger partial charge in [-0.2, -0.15) is 0 Å². The number of hydrogen-bond acceptors (Lipinski definition) is 3. The minimum absolute atomic E-state index is 0.0225. The van der Waals surface area contributed by atoms with Crippen LogP contribution in [0.15, 0.2) is 12.1 Å². The lowest BCUT2D eigenvalue weighted by atomic mass is 10.1. The van der Waals surface area contributed by atoms with Crippen molar-refractivity contribution in [3.63, 3.8) is 0 Å². The number of imide groups is 1. The summed E-state index contributed by atoms with van der Waals surface area (Å²) in [5, 5.41) is 2.78. The maximum atomic E-state index is 12.1. The van der Waals surface area contributed by atoms with Crippen LogP contribution in [0.3, 0.4) is 0 Å². The molecule has 1 aromatic carbocycles. The number of anilines is 1. The Morgan fingerprint density at radius 3 is 2.24 bits per heavy atom. The van der Waals surface area contributed by atoms with Crippen LogP contribution in [0.5, 0.6) is 0 Å². The number of aryl methyl sites for hydroxylation is 3.